The Bertz CT molecular complexity index is 1110. The molecule has 0 saturated carbocycles. The van der Waals surface area contributed by atoms with E-state index in [1.54, 1.807) is 24.3 Å². The fraction of sp³-hybridized carbons (Fsp3) is 0.105. The third kappa shape index (κ3) is 4.73. The van der Waals surface area contributed by atoms with Gasteiger partial charge in [-0.05, 0) is 37.3 Å². The lowest BCUT2D eigenvalue weighted by molar-refractivity contribution is -0.384. The molecular weight excluding hydrogens is 416 g/mol. The maximum Gasteiger partial charge on any atom is 0.328 e. The number of amides is 1. The molecule has 0 spiro atoms. The number of nitro groups is 1. The molecular formula is C19H15ClN4O6. The standard InChI is InChI=1S/C19H15ClN4O6/c1-11(19(26)27)23-17(6-7-21-23)18(25)22-13-8-14(24(28)29)10-16(9-13)30-15-4-2-12(20)3-5-15/h2-11H,1H3,(H,22,25)(H,26,27). The van der Waals surface area contributed by atoms with E-state index >= 15 is 0 Å². The predicted molar refractivity (Wildman–Crippen MR) is 107 cm³/mol. The summed E-state index contributed by atoms with van der Waals surface area (Å²) in [6, 6.07) is 10.4. The Hall–Kier alpha value is -3.92. The Balaban J connectivity index is 1.88. The number of ether oxygens (including phenoxy) is 1. The molecule has 1 aromatic heterocycles. The summed E-state index contributed by atoms with van der Waals surface area (Å²) in [6.07, 6.45) is 1.29. The number of carboxylic acids is 1. The van der Waals surface area contributed by atoms with Gasteiger partial charge < -0.3 is 15.2 Å². The van der Waals surface area contributed by atoms with Gasteiger partial charge in [-0.3, -0.25) is 14.9 Å². The Morgan fingerprint density at radius 2 is 1.90 bits per heavy atom. The number of aromatic nitrogens is 2. The van der Waals surface area contributed by atoms with E-state index in [1.165, 1.54) is 31.3 Å². The van der Waals surface area contributed by atoms with Gasteiger partial charge in [0.2, 0.25) is 0 Å². The number of nitro benzene ring substituents is 1. The average Bonchev–Trinajstić information content (AvgIpc) is 3.18. The van der Waals surface area contributed by atoms with E-state index < -0.39 is 22.8 Å². The summed E-state index contributed by atoms with van der Waals surface area (Å²) in [7, 11) is 0. The monoisotopic (exact) mass is 430 g/mol. The second-order valence-electron chi connectivity index (χ2n) is 6.16. The van der Waals surface area contributed by atoms with Crippen molar-refractivity contribution in [3.8, 4) is 11.5 Å². The van der Waals surface area contributed by atoms with Crippen LogP contribution in [0, 0.1) is 10.1 Å². The summed E-state index contributed by atoms with van der Waals surface area (Å²) in [5.41, 5.74) is -0.227. The first-order valence-corrected chi connectivity index (χ1v) is 8.93. The quantitative estimate of drug-likeness (QED) is 0.424. The highest BCUT2D eigenvalue weighted by Crippen LogP contribution is 2.30. The van der Waals surface area contributed by atoms with Crippen molar-refractivity contribution < 1.29 is 24.4 Å². The van der Waals surface area contributed by atoms with Gasteiger partial charge in [-0.1, -0.05) is 11.6 Å². The van der Waals surface area contributed by atoms with Gasteiger partial charge in [0.15, 0.2) is 0 Å². The third-order valence-corrected chi connectivity index (χ3v) is 4.29. The van der Waals surface area contributed by atoms with Crippen molar-refractivity contribution >= 4 is 34.9 Å². The summed E-state index contributed by atoms with van der Waals surface area (Å²) in [5.74, 6) is -1.33. The summed E-state index contributed by atoms with van der Waals surface area (Å²) >= 11 is 5.83. The van der Waals surface area contributed by atoms with E-state index in [2.05, 4.69) is 10.4 Å². The highest BCUT2D eigenvalue weighted by molar-refractivity contribution is 6.30. The van der Waals surface area contributed by atoms with Crippen molar-refractivity contribution in [3.05, 3.63) is 75.6 Å². The van der Waals surface area contributed by atoms with Gasteiger partial charge >= 0.3 is 5.97 Å². The first-order chi connectivity index (χ1) is 14.2. The van der Waals surface area contributed by atoms with Crippen LogP contribution in [-0.2, 0) is 4.79 Å². The van der Waals surface area contributed by atoms with Gasteiger partial charge in [-0.25, -0.2) is 9.48 Å². The van der Waals surface area contributed by atoms with Crippen molar-refractivity contribution in [1.82, 2.24) is 9.78 Å². The lowest BCUT2D eigenvalue weighted by atomic mass is 10.2. The lowest BCUT2D eigenvalue weighted by Gasteiger charge is -2.12. The number of non-ortho nitro benzene ring substituents is 1. The van der Waals surface area contributed by atoms with E-state index in [1.807, 2.05) is 0 Å². The van der Waals surface area contributed by atoms with Crippen molar-refractivity contribution in [3.63, 3.8) is 0 Å². The van der Waals surface area contributed by atoms with Gasteiger partial charge in [0, 0.05) is 23.4 Å². The second-order valence-corrected chi connectivity index (χ2v) is 6.59. The normalized spacial score (nSPS) is 11.5. The zero-order chi connectivity index (χ0) is 21.8. The molecule has 154 valence electrons. The van der Waals surface area contributed by atoms with Gasteiger partial charge in [-0.15, -0.1) is 0 Å². The molecule has 2 N–H and O–H groups in total. The molecule has 0 radical (unpaired) electrons. The van der Waals surface area contributed by atoms with E-state index in [9.17, 15) is 19.7 Å². The topological polar surface area (TPSA) is 137 Å². The highest BCUT2D eigenvalue weighted by atomic mass is 35.5. The smallest absolute Gasteiger partial charge is 0.328 e. The molecule has 1 amide bonds. The van der Waals surface area contributed by atoms with Crippen molar-refractivity contribution in [1.29, 1.82) is 0 Å². The molecule has 0 aliphatic rings. The van der Waals surface area contributed by atoms with Crippen molar-refractivity contribution in [2.75, 3.05) is 5.32 Å². The lowest BCUT2D eigenvalue weighted by Crippen LogP contribution is -2.24. The van der Waals surface area contributed by atoms with Gasteiger partial charge in [0.05, 0.1) is 16.7 Å². The van der Waals surface area contributed by atoms with Crippen LogP contribution < -0.4 is 10.1 Å². The minimum absolute atomic E-state index is 0.0171. The van der Waals surface area contributed by atoms with Crippen LogP contribution in [0.1, 0.15) is 23.5 Å². The number of carboxylic acid groups (broad SMARTS) is 1. The Morgan fingerprint density at radius 1 is 1.20 bits per heavy atom. The van der Waals surface area contributed by atoms with E-state index in [-0.39, 0.29) is 22.8 Å². The number of hydrogen-bond donors (Lipinski definition) is 2. The molecule has 1 unspecified atom stereocenters. The Kier molecular flexibility index (Phi) is 5.98. The average molecular weight is 431 g/mol. The highest BCUT2D eigenvalue weighted by Gasteiger charge is 2.22. The summed E-state index contributed by atoms with van der Waals surface area (Å²) in [5, 5.41) is 27.3. The molecule has 1 atom stereocenters. The molecule has 1 heterocycles. The maximum absolute atomic E-state index is 12.6. The number of carbonyl (C=O) groups is 2. The molecule has 0 saturated heterocycles. The van der Waals surface area contributed by atoms with Crippen LogP contribution in [0.4, 0.5) is 11.4 Å². The number of hydrogen-bond acceptors (Lipinski definition) is 6. The molecule has 30 heavy (non-hydrogen) atoms. The predicted octanol–water partition coefficient (Wildman–Crippen LogP) is 4.13. The van der Waals surface area contributed by atoms with Crippen LogP contribution in [0.25, 0.3) is 0 Å². The number of halogens is 1. The van der Waals surface area contributed by atoms with Gasteiger partial charge in [-0.2, -0.15) is 5.10 Å². The molecule has 3 rings (SSSR count). The number of nitrogens with zero attached hydrogens (tertiary/aromatic N) is 3. The first-order valence-electron chi connectivity index (χ1n) is 8.55. The maximum atomic E-state index is 12.6. The minimum atomic E-state index is -1.17. The fourth-order valence-corrected chi connectivity index (χ4v) is 2.69. The first kappa shape index (κ1) is 20.8. The Labute approximate surface area is 174 Å². The van der Waals surface area contributed by atoms with Crippen LogP contribution >= 0.6 is 11.6 Å². The molecule has 11 heteroatoms. The van der Waals surface area contributed by atoms with Crippen LogP contribution in [0.3, 0.4) is 0 Å². The van der Waals surface area contributed by atoms with E-state index in [0.717, 1.165) is 10.7 Å². The SMILES string of the molecule is CC(C(=O)O)n1nccc1C(=O)Nc1cc(Oc2ccc(Cl)cc2)cc([N+](=O)[O-])c1. The molecule has 0 aliphatic carbocycles. The molecule has 2 aromatic carbocycles. The molecule has 3 aromatic rings. The summed E-state index contributed by atoms with van der Waals surface area (Å²) < 4.78 is 6.66. The van der Waals surface area contributed by atoms with Crippen LogP contribution in [0.5, 0.6) is 11.5 Å². The summed E-state index contributed by atoms with van der Waals surface area (Å²) in [6.45, 7) is 1.37. The molecule has 10 nitrogen and oxygen atoms in total. The molecule has 0 bridgehead atoms. The van der Waals surface area contributed by atoms with E-state index in [4.69, 9.17) is 21.4 Å². The number of carbonyl (C=O) groups excluding carboxylic acids is 1. The van der Waals surface area contributed by atoms with Gasteiger partial charge in [0.1, 0.15) is 23.2 Å². The van der Waals surface area contributed by atoms with Crippen molar-refractivity contribution in [2.45, 2.75) is 13.0 Å². The number of anilines is 1. The van der Waals surface area contributed by atoms with Crippen LogP contribution in [0.2, 0.25) is 5.02 Å². The van der Waals surface area contributed by atoms with Crippen LogP contribution in [0.15, 0.2) is 54.7 Å². The molecule has 0 fully saturated rings. The summed E-state index contributed by atoms with van der Waals surface area (Å²) in [4.78, 5) is 34.5. The largest absolute Gasteiger partial charge is 0.480 e. The fourth-order valence-electron chi connectivity index (χ4n) is 2.56. The number of nitrogens with one attached hydrogen (secondary N) is 1. The number of aliphatic carboxylic acids is 1. The minimum Gasteiger partial charge on any atom is -0.480 e. The van der Waals surface area contributed by atoms with Gasteiger partial charge in [0.25, 0.3) is 11.6 Å². The molecule has 0 aliphatic heterocycles. The van der Waals surface area contributed by atoms with Crippen molar-refractivity contribution in [2.24, 2.45) is 0 Å². The zero-order valence-corrected chi connectivity index (χ0v) is 16.2. The number of rotatable bonds is 7. The van der Waals surface area contributed by atoms with E-state index in [0.29, 0.717) is 10.8 Å². The zero-order valence-electron chi connectivity index (χ0n) is 15.5. The van der Waals surface area contributed by atoms with Crippen LogP contribution in [-0.4, -0.2) is 31.7 Å². The Morgan fingerprint density at radius 3 is 2.53 bits per heavy atom. The number of benzene rings is 2. The second kappa shape index (κ2) is 8.62. The third-order valence-electron chi connectivity index (χ3n) is 4.04.